The molecule has 28 heavy (non-hydrogen) atoms. The van der Waals surface area contributed by atoms with E-state index in [-0.39, 0.29) is 31.1 Å². The van der Waals surface area contributed by atoms with Crippen LogP contribution in [-0.2, 0) is 35.8 Å². The fraction of sp³-hybridized carbons (Fsp3) is 0.450. The van der Waals surface area contributed by atoms with Gasteiger partial charge in [-0.25, -0.2) is 4.79 Å². The molecular formula is C20H21NO7. The highest BCUT2D eigenvalue weighted by Crippen LogP contribution is 2.50. The van der Waals surface area contributed by atoms with Crippen LogP contribution in [0.25, 0.3) is 0 Å². The predicted molar refractivity (Wildman–Crippen MR) is 96.1 cm³/mol. The van der Waals surface area contributed by atoms with Gasteiger partial charge in [-0.15, -0.1) is 0 Å². The lowest BCUT2D eigenvalue weighted by atomic mass is 9.70. The zero-order chi connectivity index (χ0) is 20.1. The number of ether oxygens (including phenoxy) is 4. The van der Waals surface area contributed by atoms with Gasteiger partial charge in [0.05, 0.1) is 40.5 Å². The van der Waals surface area contributed by atoms with Crippen molar-refractivity contribution < 1.29 is 33.3 Å². The Morgan fingerprint density at radius 1 is 1.18 bits per heavy atom. The van der Waals surface area contributed by atoms with E-state index in [2.05, 4.69) is 0 Å². The van der Waals surface area contributed by atoms with Crippen LogP contribution < -0.4 is 9.47 Å². The number of nitrogens with zero attached hydrogens (tertiary/aromatic N) is 1. The molecule has 1 aromatic rings. The van der Waals surface area contributed by atoms with E-state index in [4.69, 9.17) is 18.9 Å². The van der Waals surface area contributed by atoms with Crippen LogP contribution in [-0.4, -0.2) is 62.6 Å². The fourth-order valence-electron chi connectivity index (χ4n) is 4.47. The van der Waals surface area contributed by atoms with Gasteiger partial charge in [-0.05, 0) is 35.4 Å². The van der Waals surface area contributed by atoms with Gasteiger partial charge in [-0.1, -0.05) is 0 Å². The predicted octanol–water partition coefficient (Wildman–Crippen LogP) is 0.753. The number of amides is 1. The Morgan fingerprint density at radius 2 is 1.89 bits per heavy atom. The Balaban J connectivity index is 1.98. The fourth-order valence-corrected chi connectivity index (χ4v) is 4.47. The van der Waals surface area contributed by atoms with Crippen molar-refractivity contribution in [3.05, 3.63) is 35.4 Å². The van der Waals surface area contributed by atoms with Crippen molar-refractivity contribution in [2.24, 2.45) is 0 Å². The van der Waals surface area contributed by atoms with E-state index < -0.39 is 23.7 Å². The van der Waals surface area contributed by atoms with Gasteiger partial charge in [-0.3, -0.25) is 9.59 Å². The zero-order valence-electron chi connectivity index (χ0n) is 15.9. The third-order valence-corrected chi connectivity index (χ3v) is 5.69. The molecule has 1 aliphatic carbocycles. The number of carbonyl (C=O) groups is 3. The third-order valence-electron chi connectivity index (χ3n) is 5.69. The van der Waals surface area contributed by atoms with Crippen LogP contribution in [0.2, 0.25) is 0 Å². The highest BCUT2D eigenvalue weighted by Gasteiger charge is 2.59. The standard InChI is InChI=1S/C20H21NO7/c1-25-15-6-11-7-18(23)21-14(19(24)27-3)10-28-17-8-12(22)4-5-20(17,21)13(11)9-16(15)26-2/h4-6,9,14,17H,7-8,10H2,1-3H3/t14-,17+,20+/m0/s1. The maximum Gasteiger partial charge on any atom is 0.331 e. The van der Waals surface area contributed by atoms with Crippen molar-refractivity contribution in [1.29, 1.82) is 0 Å². The first-order chi connectivity index (χ1) is 13.5. The molecule has 1 saturated heterocycles. The quantitative estimate of drug-likeness (QED) is 0.707. The number of carbonyl (C=O) groups excluding carboxylic acids is 3. The Morgan fingerprint density at radius 3 is 2.57 bits per heavy atom. The molecule has 2 aliphatic heterocycles. The Labute approximate surface area is 162 Å². The number of esters is 1. The lowest BCUT2D eigenvalue weighted by molar-refractivity contribution is -0.189. The molecule has 3 atom stereocenters. The van der Waals surface area contributed by atoms with Crippen molar-refractivity contribution in [2.45, 2.75) is 30.5 Å². The topological polar surface area (TPSA) is 91.4 Å². The monoisotopic (exact) mass is 387 g/mol. The van der Waals surface area contributed by atoms with Crippen molar-refractivity contribution in [1.82, 2.24) is 4.90 Å². The molecule has 8 heteroatoms. The second kappa shape index (κ2) is 6.63. The van der Waals surface area contributed by atoms with E-state index in [0.29, 0.717) is 11.5 Å². The smallest absolute Gasteiger partial charge is 0.331 e. The highest BCUT2D eigenvalue weighted by atomic mass is 16.5. The summed E-state index contributed by atoms with van der Waals surface area (Å²) in [7, 11) is 4.33. The van der Waals surface area contributed by atoms with Gasteiger partial charge in [0.1, 0.15) is 5.54 Å². The van der Waals surface area contributed by atoms with Crippen LogP contribution in [0.5, 0.6) is 11.5 Å². The van der Waals surface area contributed by atoms with Gasteiger partial charge in [-0.2, -0.15) is 0 Å². The van der Waals surface area contributed by atoms with Crippen LogP contribution in [0.3, 0.4) is 0 Å². The summed E-state index contributed by atoms with van der Waals surface area (Å²) in [5.41, 5.74) is 0.416. The second-order valence-corrected chi connectivity index (χ2v) is 6.99. The van der Waals surface area contributed by atoms with E-state index in [1.54, 1.807) is 18.2 Å². The van der Waals surface area contributed by atoms with Crippen molar-refractivity contribution >= 4 is 17.7 Å². The number of morpholine rings is 1. The van der Waals surface area contributed by atoms with E-state index in [1.807, 2.05) is 0 Å². The van der Waals surface area contributed by atoms with Crippen LogP contribution in [0.4, 0.5) is 0 Å². The number of rotatable bonds is 3. The Bertz CT molecular complexity index is 893. The lowest BCUT2D eigenvalue weighted by Crippen LogP contribution is -2.69. The molecule has 0 aromatic heterocycles. The molecule has 0 bridgehead atoms. The van der Waals surface area contributed by atoms with Gasteiger partial charge in [0.15, 0.2) is 23.3 Å². The first kappa shape index (κ1) is 18.5. The summed E-state index contributed by atoms with van der Waals surface area (Å²) in [6.45, 7) is -0.0193. The van der Waals surface area contributed by atoms with Gasteiger partial charge < -0.3 is 23.8 Å². The molecule has 1 fully saturated rings. The summed E-state index contributed by atoms with van der Waals surface area (Å²) < 4.78 is 21.7. The molecule has 1 spiro atoms. The second-order valence-electron chi connectivity index (χ2n) is 6.99. The van der Waals surface area contributed by atoms with Crippen LogP contribution in [0, 0.1) is 0 Å². The van der Waals surface area contributed by atoms with Crippen LogP contribution in [0.15, 0.2) is 24.3 Å². The maximum absolute atomic E-state index is 13.2. The molecule has 2 heterocycles. The molecule has 1 aromatic carbocycles. The van der Waals surface area contributed by atoms with Gasteiger partial charge >= 0.3 is 5.97 Å². The molecule has 8 nitrogen and oxygen atoms in total. The number of methoxy groups -OCH3 is 3. The van der Waals surface area contributed by atoms with Gasteiger partial charge in [0.2, 0.25) is 5.91 Å². The molecule has 3 aliphatic rings. The van der Waals surface area contributed by atoms with E-state index in [0.717, 1.165) is 11.1 Å². The molecule has 0 radical (unpaired) electrons. The highest BCUT2D eigenvalue weighted by molar-refractivity contribution is 5.95. The first-order valence-corrected chi connectivity index (χ1v) is 8.95. The Hall–Kier alpha value is -2.87. The molecule has 148 valence electrons. The summed E-state index contributed by atoms with van der Waals surface area (Å²) in [6, 6.07) is 2.67. The first-order valence-electron chi connectivity index (χ1n) is 8.95. The molecule has 0 saturated carbocycles. The minimum Gasteiger partial charge on any atom is -0.493 e. The minimum atomic E-state index is -1.09. The number of hydrogen-bond donors (Lipinski definition) is 0. The number of hydrogen-bond acceptors (Lipinski definition) is 7. The number of fused-ring (bicyclic) bond motifs is 1. The van der Waals surface area contributed by atoms with Gasteiger partial charge in [0, 0.05) is 6.42 Å². The lowest BCUT2D eigenvalue weighted by Gasteiger charge is -2.56. The number of ketones is 1. The molecular weight excluding hydrogens is 366 g/mol. The summed E-state index contributed by atoms with van der Waals surface area (Å²) >= 11 is 0. The molecule has 0 unspecified atom stereocenters. The number of allylic oxidation sites excluding steroid dienone is 1. The van der Waals surface area contributed by atoms with Crippen molar-refractivity contribution in [3.8, 4) is 11.5 Å². The third kappa shape index (κ3) is 2.44. The number of benzene rings is 1. The van der Waals surface area contributed by atoms with Crippen LogP contribution >= 0.6 is 0 Å². The van der Waals surface area contributed by atoms with Crippen LogP contribution in [0.1, 0.15) is 17.5 Å². The zero-order valence-corrected chi connectivity index (χ0v) is 15.9. The molecule has 1 amide bonds. The largest absolute Gasteiger partial charge is 0.493 e. The summed E-state index contributed by atoms with van der Waals surface area (Å²) in [5.74, 6) is 0.122. The SMILES string of the molecule is COC(=O)[C@@H]1CO[C@@H]2CC(=O)C=C[C@@]23c2cc(OC)c(OC)cc2CC(=O)N13. The van der Waals surface area contributed by atoms with Gasteiger partial charge in [0.25, 0.3) is 0 Å². The summed E-state index contributed by atoms with van der Waals surface area (Å²) in [4.78, 5) is 39.2. The molecule has 4 rings (SSSR count). The molecule has 0 N–H and O–H groups in total. The Kier molecular flexibility index (Phi) is 4.38. The minimum absolute atomic E-state index is 0.0193. The van der Waals surface area contributed by atoms with E-state index in [1.165, 1.54) is 32.3 Å². The average Bonchev–Trinajstić information content (AvgIpc) is 2.71. The van der Waals surface area contributed by atoms with E-state index in [9.17, 15) is 14.4 Å². The summed E-state index contributed by atoms with van der Waals surface area (Å²) in [5, 5.41) is 0. The van der Waals surface area contributed by atoms with E-state index >= 15 is 0 Å². The summed E-state index contributed by atoms with van der Waals surface area (Å²) in [6.07, 6.45) is 2.72. The normalized spacial score (nSPS) is 28.2. The van der Waals surface area contributed by atoms with Crippen molar-refractivity contribution in [3.63, 3.8) is 0 Å². The average molecular weight is 387 g/mol. The van der Waals surface area contributed by atoms with Crippen molar-refractivity contribution in [2.75, 3.05) is 27.9 Å². The maximum atomic E-state index is 13.2.